The van der Waals surface area contributed by atoms with Gasteiger partial charge < -0.3 is 10.2 Å². The molecule has 27 heavy (non-hydrogen) atoms. The molecule has 2 amide bonds. The van der Waals surface area contributed by atoms with Crippen LogP contribution in [0.1, 0.15) is 18.4 Å². The molecule has 0 radical (unpaired) electrons. The summed E-state index contributed by atoms with van der Waals surface area (Å²) in [5.41, 5.74) is 2.73. The second-order valence-corrected chi connectivity index (χ2v) is 7.60. The standard InChI is InChI=1S/C21H22ClN3O2/c22-17-7-5-15(6-8-17)13-24-11-9-16(10-12-24)21(27)25-14-20(26)23-18-3-1-2-4-19(18)25/h1-8,16H,9-14H2,(H,23,26). The summed E-state index contributed by atoms with van der Waals surface area (Å²) in [6, 6.07) is 15.4. The minimum atomic E-state index is -0.137. The molecule has 2 aromatic carbocycles. The van der Waals surface area contributed by atoms with Gasteiger partial charge in [0.1, 0.15) is 6.54 Å². The van der Waals surface area contributed by atoms with E-state index in [2.05, 4.69) is 10.2 Å². The monoisotopic (exact) mass is 383 g/mol. The zero-order chi connectivity index (χ0) is 18.8. The average molecular weight is 384 g/mol. The Labute approximate surface area is 163 Å². The van der Waals surface area contributed by atoms with E-state index >= 15 is 0 Å². The molecule has 0 atom stereocenters. The van der Waals surface area contributed by atoms with Crippen LogP contribution in [0.5, 0.6) is 0 Å². The van der Waals surface area contributed by atoms with Crippen molar-refractivity contribution in [1.82, 2.24) is 4.90 Å². The van der Waals surface area contributed by atoms with Gasteiger partial charge in [0.05, 0.1) is 11.4 Å². The van der Waals surface area contributed by atoms with Crippen LogP contribution in [-0.4, -0.2) is 36.3 Å². The molecule has 0 unspecified atom stereocenters. The summed E-state index contributed by atoms with van der Waals surface area (Å²) >= 11 is 5.94. The second-order valence-electron chi connectivity index (χ2n) is 7.17. The van der Waals surface area contributed by atoms with Crippen LogP contribution in [0.4, 0.5) is 11.4 Å². The first-order valence-electron chi connectivity index (χ1n) is 9.27. The molecular formula is C21H22ClN3O2. The highest BCUT2D eigenvalue weighted by Gasteiger charge is 2.33. The number of carbonyl (C=O) groups excluding carboxylic acids is 2. The maximum absolute atomic E-state index is 13.1. The molecule has 1 saturated heterocycles. The fourth-order valence-corrected chi connectivity index (χ4v) is 3.96. The zero-order valence-electron chi connectivity index (χ0n) is 15.0. The Morgan fingerprint density at radius 1 is 1.07 bits per heavy atom. The van der Waals surface area contributed by atoms with Crippen LogP contribution < -0.4 is 10.2 Å². The van der Waals surface area contributed by atoms with Gasteiger partial charge in [0.25, 0.3) is 0 Å². The minimum absolute atomic E-state index is 0.0366. The van der Waals surface area contributed by atoms with Crippen molar-refractivity contribution in [2.24, 2.45) is 5.92 Å². The molecule has 0 saturated carbocycles. The second kappa shape index (κ2) is 7.71. The largest absolute Gasteiger partial charge is 0.323 e. The molecule has 1 fully saturated rings. The van der Waals surface area contributed by atoms with Gasteiger partial charge in [-0.3, -0.25) is 14.5 Å². The van der Waals surface area contributed by atoms with Crippen molar-refractivity contribution in [2.45, 2.75) is 19.4 Å². The lowest BCUT2D eigenvalue weighted by Crippen LogP contribution is -2.47. The van der Waals surface area contributed by atoms with E-state index in [1.165, 1.54) is 5.56 Å². The Bertz CT molecular complexity index is 845. The number of nitrogens with zero attached hydrogens (tertiary/aromatic N) is 2. The number of halogens is 1. The number of anilines is 2. The summed E-state index contributed by atoms with van der Waals surface area (Å²) in [7, 11) is 0. The van der Waals surface area contributed by atoms with Gasteiger partial charge in [-0.05, 0) is 55.8 Å². The predicted molar refractivity (Wildman–Crippen MR) is 107 cm³/mol. The van der Waals surface area contributed by atoms with Crippen LogP contribution in [0, 0.1) is 5.92 Å². The van der Waals surface area contributed by atoms with Crippen LogP contribution in [0.15, 0.2) is 48.5 Å². The number of carbonyl (C=O) groups is 2. The van der Waals surface area contributed by atoms with Crippen LogP contribution in [0.2, 0.25) is 5.02 Å². The Hall–Kier alpha value is -2.37. The van der Waals surface area contributed by atoms with Gasteiger partial charge in [-0.2, -0.15) is 0 Å². The summed E-state index contributed by atoms with van der Waals surface area (Å²) in [6.45, 7) is 2.72. The number of amides is 2. The van der Waals surface area contributed by atoms with Gasteiger partial charge in [0.2, 0.25) is 11.8 Å². The van der Waals surface area contributed by atoms with Crippen molar-refractivity contribution in [3.8, 4) is 0 Å². The topological polar surface area (TPSA) is 52.7 Å². The quantitative estimate of drug-likeness (QED) is 0.882. The average Bonchev–Trinajstić information content (AvgIpc) is 2.69. The van der Waals surface area contributed by atoms with E-state index in [0.717, 1.165) is 43.2 Å². The van der Waals surface area contributed by atoms with Crippen LogP contribution in [0.25, 0.3) is 0 Å². The highest BCUT2D eigenvalue weighted by atomic mass is 35.5. The van der Waals surface area contributed by atoms with E-state index in [0.29, 0.717) is 5.69 Å². The molecule has 5 nitrogen and oxygen atoms in total. The van der Waals surface area contributed by atoms with Crippen LogP contribution >= 0.6 is 11.6 Å². The minimum Gasteiger partial charge on any atom is -0.323 e. The SMILES string of the molecule is O=C1CN(C(=O)C2CCN(Cc3ccc(Cl)cc3)CC2)c2ccccc2N1. The van der Waals surface area contributed by atoms with Crippen molar-refractivity contribution in [1.29, 1.82) is 0 Å². The number of likely N-dealkylation sites (tertiary alicyclic amines) is 1. The van der Waals surface area contributed by atoms with Crippen LogP contribution in [-0.2, 0) is 16.1 Å². The van der Waals surface area contributed by atoms with E-state index in [1.807, 2.05) is 48.5 Å². The summed E-state index contributed by atoms with van der Waals surface area (Å²) in [5, 5.41) is 3.58. The van der Waals surface area contributed by atoms with Gasteiger partial charge in [-0.1, -0.05) is 35.9 Å². The van der Waals surface area contributed by atoms with Crippen LogP contribution in [0.3, 0.4) is 0 Å². The molecule has 2 aliphatic heterocycles. The predicted octanol–water partition coefficient (Wildman–Crippen LogP) is 3.54. The lowest BCUT2D eigenvalue weighted by Gasteiger charge is -2.36. The molecular weight excluding hydrogens is 362 g/mol. The number of hydrogen-bond acceptors (Lipinski definition) is 3. The van der Waals surface area contributed by atoms with Gasteiger partial charge in [-0.15, -0.1) is 0 Å². The highest BCUT2D eigenvalue weighted by molar-refractivity contribution is 6.30. The molecule has 1 N–H and O–H groups in total. The Kier molecular flexibility index (Phi) is 5.14. The lowest BCUT2D eigenvalue weighted by molar-refractivity contribution is -0.125. The summed E-state index contributed by atoms with van der Waals surface area (Å²) < 4.78 is 0. The maximum Gasteiger partial charge on any atom is 0.244 e. The summed E-state index contributed by atoms with van der Waals surface area (Å²) in [6.07, 6.45) is 1.62. The number of nitrogens with one attached hydrogen (secondary N) is 1. The zero-order valence-corrected chi connectivity index (χ0v) is 15.8. The molecule has 0 aromatic heterocycles. The molecule has 2 heterocycles. The number of rotatable bonds is 3. The third kappa shape index (κ3) is 3.99. The van der Waals surface area contributed by atoms with Gasteiger partial charge in [-0.25, -0.2) is 0 Å². The smallest absolute Gasteiger partial charge is 0.244 e. The molecule has 2 aromatic rings. The first-order valence-corrected chi connectivity index (χ1v) is 9.65. The first-order chi connectivity index (χ1) is 13.1. The molecule has 4 rings (SSSR count). The lowest BCUT2D eigenvalue weighted by atomic mass is 9.94. The molecule has 0 spiro atoms. The molecule has 0 bridgehead atoms. The van der Waals surface area contributed by atoms with Gasteiger partial charge in [0, 0.05) is 17.5 Å². The van der Waals surface area contributed by atoms with E-state index in [9.17, 15) is 9.59 Å². The Morgan fingerprint density at radius 3 is 2.52 bits per heavy atom. The van der Waals surface area contributed by atoms with Crippen molar-refractivity contribution in [2.75, 3.05) is 29.9 Å². The fraction of sp³-hybridized carbons (Fsp3) is 0.333. The van der Waals surface area contributed by atoms with E-state index in [-0.39, 0.29) is 24.3 Å². The molecule has 140 valence electrons. The maximum atomic E-state index is 13.1. The molecule has 6 heteroatoms. The summed E-state index contributed by atoms with van der Waals surface area (Å²) in [4.78, 5) is 29.1. The number of fused-ring (bicyclic) bond motifs is 1. The van der Waals surface area contributed by atoms with Crippen molar-refractivity contribution < 1.29 is 9.59 Å². The number of para-hydroxylation sites is 2. The molecule has 2 aliphatic rings. The van der Waals surface area contributed by atoms with Gasteiger partial charge >= 0.3 is 0 Å². The van der Waals surface area contributed by atoms with E-state index in [4.69, 9.17) is 11.6 Å². The third-order valence-corrected chi connectivity index (χ3v) is 5.54. The number of piperidine rings is 1. The molecule has 0 aliphatic carbocycles. The normalized spacial score (nSPS) is 18.1. The number of benzene rings is 2. The third-order valence-electron chi connectivity index (χ3n) is 5.29. The van der Waals surface area contributed by atoms with Crippen molar-refractivity contribution >= 4 is 34.8 Å². The fourth-order valence-electron chi connectivity index (χ4n) is 3.84. The van der Waals surface area contributed by atoms with Crippen molar-refractivity contribution in [3.63, 3.8) is 0 Å². The Morgan fingerprint density at radius 2 is 1.78 bits per heavy atom. The number of hydrogen-bond donors (Lipinski definition) is 1. The van der Waals surface area contributed by atoms with Crippen molar-refractivity contribution in [3.05, 3.63) is 59.1 Å². The van der Waals surface area contributed by atoms with E-state index in [1.54, 1.807) is 4.90 Å². The first kappa shape index (κ1) is 18.0. The highest BCUT2D eigenvalue weighted by Crippen LogP contribution is 2.32. The Balaban J connectivity index is 1.39. The van der Waals surface area contributed by atoms with E-state index < -0.39 is 0 Å². The summed E-state index contributed by atoms with van der Waals surface area (Å²) in [5.74, 6) is -0.115. The van der Waals surface area contributed by atoms with Gasteiger partial charge in [0.15, 0.2) is 0 Å².